The first kappa shape index (κ1) is 20.9. The number of H-pyrrole nitrogens is 1. The minimum absolute atomic E-state index is 0.425. The Kier molecular flexibility index (Phi) is 5.92. The van der Waals surface area contributed by atoms with Crippen molar-refractivity contribution < 1.29 is 14.3 Å². The van der Waals surface area contributed by atoms with Gasteiger partial charge in [0.1, 0.15) is 17.4 Å². The summed E-state index contributed by atoms with van der Waals surface area (Å²) in [4.78, 5) is 24.2. The molecule has 31 heavy (non-hydrogen) atoms. The van der Waals surface area contributed by atoms with Crippen LogP contribution in [0.5, 0.6) is 5.75 Å². The average molecular weight is 440 g/mol. The number of fused-ring (bicyclic) bond motifs is 1. The molecule has 3 N–H and O–H groups in total. The molecular formula is C22H22ClN5O3. The molecule has 0 spiro atoms. The van der Waals surface area contributed by atoms with Crippen molar-refractivity contribution in [2.45, 2.75) is 13.0 Å². The molecule has 4 rings (SSSR count). The van der Waals surface area contributed by atoms with Crippen LogP contribution in [0.25, 0.3) is 22.4 Å². The zero-order valence-electron chi connectivity index (χ0n) is 17.2. The zero-order valence-corrected chi connectivity index (χ0v) is 17.9. The average Bonchev–Trinajstić information content (AvgIpc) is 3.36. The summed E-state index contributed by atoms with van der Waals surface area (Å²) in [5, 5.41) is 0.542. The minimum Gasteiger partial charge on any atom is -0.495 e. The van der Waals surface area contributed by atoms with Crippen molar-refractivity contribution in [1.29, 1.82) is 0 Å². The van der Waals surface area contributed by atoms with E-state index < -0.39 is 5.91 Å². The van der Waals surface area contributed by atoms with Gasteiger partial charge in [0.15, 0.2) is 0 Å². The Bertz CT molecular complexity index is 1250. The number of rotatable bonds is 8. The van der Waals surface area contributed by atoms with E-state index in [2.05, 4.69) is 9.55 Å². The number of nitrogens with two attached hydrogens (primary N) is 1. The van der Waals surface area contributed by atoms with Crippen molar-refractivity contribution in [3.8, 4) is 17.1 Å². The summed E-state index contributed by atoms with van der Waals surface area (Å²) in [6.07, 6.45) is 2.36. The normalized spacial score (nSPS) is 11.2. The smallest absolute Gasteiger partial charge is 0.248 e. The molecule has 0 unspecified atom stereocenters. The van der Waals surface area contributed by atoms with Crippen LogP contribution in [-0.2, 0) is 17.7 Å². The van der Waals surface area contributed by atoms with E-state index in [0.717, 1.165) is 22.6 Å². The Labute approximate surface area is 184 Å². The summed E-state index contributed by atoms with van der Waals surface area (Å²) in [5.41, 5.74) is 9.16. The standard InChI is InChI=1S/C22H22ClN5O3/c1-30-8-7-28-18-6-4-13(21(24)29)9-17(18)27-20(28)11-15-12-25-22(26-15)14-3-5-16(23)19(10-14)31-2/h3-6,9-10,12H,7-8,11H2,1-2H3,(H2,24,29)(H,25,26). The number of imidazole rings is 2. The number of primary amides is 1. The Balaban J connectivity index is 1.67. The van der Waals surface area contributed by atoms with E-state index in [9.17, 15) is 4.79 Å². The molecule has 0 saturated carbocycles. The number of nitrogens with zero attached hydrogens (tertiary/aromatic N) is 3. The van der Waals surface area contributed by atoms with Gasteiger partial charge in [-0.1, -0.05) is 11.6 Å². The highest BCUT2D eigenvalue weighted by molar-refractivity contribution is 6.32. The Morgan fingerprint density at radius 3 is 2.77 bits per heavy atom. The monoisotopic (exact) mass is 439 g/mol. The molecule has 0 aliphatic carbocycles. The molecule has 0 atom stereocenters. The van der Waals surface area contributed by atoms with Crippen LogP contribution in [0.4, 0.5) is 0 Å². The number of hydrogen-bond donors (Lipinski definition) is 2. The van der Waals surface area contributed by atoms with Gasteiger partial charge in [0.2, 0.25) is 5.91 Å². The summed E-state index contributed by atoms with van der Waals surface area (Å²) in [5.74, 6) is 1.63. The van der Waals surface area contributed by atoms with Crippen molar-refractivity contribution in [1.82, 2.24) is 19.5 Å². The SMILES string of the molecule is COCCn1c(Cc2c[nH]c(-c3ccc(Cl)c(OC)c3)n2)nc2cc(C(N)=O)ccc21. The van der Waals surface area contributed by atoms with Crippen LogP contribution in [-0.4, -0.2) is 46.3 Å². The van der Waals surface area contributed by atoms with Crippen molar-refractivity contribution in [3.05, 3.63) is 64.7 Å². The van der Waals surface area contributed by atoms with E-state index in [1.54, 1.807) is 32.4 Å². The van der Waals surface area contributed by atoms with Crippen LogP contribution < -0.4 is 10.5 Å². The second-order valence-corrected chi connectivity index (χ2v) is 7.41. The van der Waals surface area contributed by atoms with Gasteiger partial charge in [-0.25, -0.2) is 9.97 Å². The molecule has 0 aliphatic heterocycles. The third-order valence-corrected chi connectivity index (χ3v) is 5.34. The maximum atomic E-state index is 11.5. The lowest BCUT2D eigenvalue weighted by molar-refractivity contribution is 0.100. The van der Waals surface area contributed by atoms with Crippen LogP contribution in [0.3, 0.4) is 0 Å². The first-order valence-electron chi connectivity index (χ1n) is 9.66. The molecule has 9 heteroatoms. The van der Waals surface area contributed by atoms with Gasteiger partial charge >= 0.3 is 0 Å². The number of halogens is 1. The number of amides is 1. The lowest BCUT2D eigenvalue weighted by Gasteiger charge is -2.08. The number of nitrogens with one attached hydrogen (secondary N) is 1. The third-order valence-electron chi connectivity index (χ3n) is 5.03. The second kappa shape index (κ2) is 8.79. The van der Waals surface area contributed by atoms with Gasteiger partial charge in [-0.15, -0.1) is 0 Å². The van der Waals surface area contributed by atoms with Crippen LogP contribution in [0, 0.1) is 0 Å². The van der Waals surface area contributed by atoms with Gasteiger partial charge in [-0.3, -0.25) is 4.79 Å². The van der Waals surface area contributed by atoms with Crippen LogP contribution in [0.2, 0.25) is 5.02 Å². The van der Waals surface area contributed by atoms with Gasteiger partial charge in [0, 0.05) is 37.4 Å². The van der Waals surface area contributed by atoms with Gasteiger partial charge < -0.3 is 24.8 Å². The highest BCUT2D eigenvalue weighted by atomic mass is 35.5. The first-order chi connectivity index (χ1) is 15.0. The number of benzene rings is 2. The van der Waals surface area contributed by atoms with Gasteiger partial charge in [-0.2, -0.15) is 0 Å². The molecule has 1 amide bonds. The summed E-state index contributed by atoms with van der Waals surface area (Å²) in [6.45, 7) is 1.16. The van der Waals surface area contributed by atoms with E-state index in [4.69, 9.17) is 36.8 Å². The van der Waals surface area contributed by atoms with Crippen LogP contribution >= 0.6 is 11.6 Å². The van der Waals surface area contributed by atoms with Crippen molar-refractivity contribution in [3.63, 3.8) is 0 Å². The number of aromatic nitrogens is 4. The fraction of sp³-hybridized carbons (Fsp3) is 0.227. The summed E-state index contributed by atoms with van der Waals surface area (Å²) >= 11 is 6.12. The molecule has 8 nitrogen and oxygen atoms in total. The maximum absolute atomic E-state index is 11.5. The van der Waals surface area contributed by atoms with Crippen LogP contribution in [0.1, 0.15) is 21.9 Å². The van der Waals surface area contributed by atoms with E-state index in [1.165, 1.54) is 0 Å². The van der Waals surface area contributed by atoms with E-state index >= 15 is 0 Å². The number of carbonyl (C=O) groups excluding carboxylic acids is 1. The molecule has 0 radical (unpaired) electrons. The summed E-state index contributed by atoms with van der Waals surface area (Å²) in [6, 6.07) is 10.8. The molecule has 0 fully saturated rings. The van der Waals surface area contributed by atoms with Gasteiger partial charge in [0.25, 0.3) is 0 Å². The number of aromatic amines is 1. The number of carbonyl (C=O) groups is 1. The highest BCUT2D eigenvalue weighted by Crippen LogP contribution is 2.29. The fourth-order valence-corrected chi connectivity index (χ4v) is 3.66. The molecule has 2 aromatic carbocycles. The van der Waals surface area contributed by atoms with Crippen molar-refractivity contribution >= 4 is 28.5 Å². The lowest BCUT2D eigenvalue weighted by Crippen LogP contribution is -2.11. The minimum atomic E-state index is -0.481. The molecule has 0 bridgehead atoms. The predicted molar refractivity (Wildman–Crippen MR) is 119 cm³/mol. The highest BCUT2D eigenvalue weighted by Gasteiger charge is 2.15. The number of hydrogen-bond acceptors (Lipinski definition) is 5. The Morgan fingerprint density at radius 1 is 1.19 bits per heavy atom. The summed E-state index contributed by atoms with van der Waals surface area (Å²) in [7, 11) is 3.23. The predicted octanol–water partition coefficient (Wildman–Crippen LogP) is 3.42. The molecular weight excluding hydrogens is 418 g/mol. The molecule has 2 aromatic heterocycles. The molecule has 4 aromatic rings. The van der Waals surface area contributed by atoms with Gasteiger partial charge in [0.05, 0.1) is 35.5 Å². The lowest BCUT2D eigenvalue weighted by atomic mass is 10.2. The fourth-order valence-electron chi connectivity index (χ4n) is 3.47. The zero-order chi connectivity index (χ0) is 22.0. The maximum Gasteiger partial charge on any atom is 0.248 e. The molecule has 0 aliphatic rings. The quantitative estimate of drug-likeness (QED) is 0.437. The van der Waals surface area contributed by atoms with Crippen LogP contribution in [0.15, 0.2) is 42.6 Å². The molecule has 2 heterocycles. The number of ether oxygens (including phenoxy) is 2. The van der Waals surface area contributed by atoms with Crippen molar-refractivity contribution in [2.24, 2.45) is 5.73 Å². The summed E-state index contributed by atoms with van der Waals surface area (Å²) < 4.78 is 12.6. The molecule has 0 saturated heterocycles. The molecule has 160 valence electrons. The van der Waals surface area contributed by atoms with E-state index in [0.29, 0.717) is 47.2 Å². The first-order valence-corrected chi connectivity index (χ1v) is 10.0. The van der Waals surface area contributed by atoms with E-state index in [1.807, 2.05) is 24.4 Å². The Morgan fingerprint density at radius 2 is 2.03 bits per heavy atom. The van der Waals surface area contributed by atoms with Crippen molar-refractivity contribution in [2.75, 3.05) is 20.8 Å². The van der Waals surface area contributed by atoms with Gasteiger partial charge in [-0.05, 0) is 36.4 Å². The largest absolute Gasteiger partial charge is 0.495 e. The third kappa shape index (κ3) is 4.26. The number of methoxy groups -OCH3 is 2. The topological polar surface area (TPSA) is 108 Å². The Hall–Kier alpha value is -3.36. The van der Waals surface area contributed by atoms with E-state index in [-0.39, 0.29) is 0 Å². The second-order valence-electron chi connectivity index (χ2n) is 7.01.